The van der Waals surface area contributed by atoms with E-state index in [2.05, 4.69) is 9.97 Å². The number of benzene rings is 1. The second kappa shape index (κ2) is 5.06. The molecule has 20 heavy (non-hydrogen) atoms. The molecule has 0 N–H and O–H groups in total. The van der Waals surface area contributed by atoms with Crippen molar-refractivity contribution < 1.29 is 4.79 Å². The van der Waals surface area contributed by atoms with Crippen LogP contribution in [0.5, 0.6) is 0 Å². The van der Waals surface area contributed by atoms with Gasteiger partial charge in [-0.25, -0.2) is 9.97 Å². The largest absolute Gasteiger partial charge is 0.301 e. The molecule has 0 saturated carbocycles. The zero-order chi connectivity index (χ0) is 14.1. The fraction of sp³-hybridized carbons (Fsp3) is 0.133. The molecule has 5 heteroatoms. The monoisotopic (exact) mass is 285 g/mol. The van der Waals surface area contributed by atoms with Crippen molar-refractivity contribution in [2.75, 3.05) is 0 Å². The summed E-state index contributed by atoms with van der Waals surface area (Å²) >= 11 is 5.91. The number of hydrogen-bond donors (Lipinski definition) is 0. The molecule has 0 radical (unpaired) electrons. The predicted molar refractivity (Wildman–Crippen MR) is 78.7 cm³/mol. The first-order valence-corrected chi connectivity index (χ1v) is 6.59. The summed E-state index contributed by atoms with van der Waals surface area (Å²) in [6.07, 6.45) is 1.70. The van der Waals surface area contributed by atoms with Gasteiger partial charge in [-0.2, -0.15) is 0 Å². The number of carbonyl (C=O) groups excluding carboxylic acids is 1. The van der Waals surface area contributed by atoms with Crippen LogP contribution in [0.25, 0.3) is 22.6 Å². The van der Waals surface area contributed by atoms with Crippen molar-refractivity contribution in [1.82, 2.24) is 14.5 Å². The first-order valence-electron chi connectivity index (χ1n) is 6.22. The molecule has 0 fully saturated rings. The first-order chi connectivity index (χ1) is 9.65. The fourth-order valence-electron chi connectivity index (χ4n) is 2.15. The van der Waals surface area contributed by atoms with E-state index < -0.39 is 0 Å². The Morgan fingerprint density at radius 3 is 2.70 bits per heavy atom. The molecule has 1 aromatic carbocycles. The molecule has 0 atom stereocenters. The average Bonchev–Trinajstić information content (AvgIpc) is 2.78. The molecule has 100 valence electrons. The Labute approximate surface area is 121 Å². The van der Waals surface area contributed by atoms with Gasteiger partial charge < -0.3 is 4.57 Å². The van der Waals surface area contributed by atoms with Crippen molar-refractivity contribution >= 4 is 28.5 Å². The van der Waals surface area contributed by atoms with Crippen molar-refractivity contribution in [2.24, 2.45) is 0 Å². The van der Waals surface area contributed by atoms with E-state index in [1.807, 2.05) is 41.0 Å². The minimum Gasteiger partial charge on any atom is -0.301 e. The third kappa shape index (κ3) is 2.30. The van der Waals surface area contributed by atoms with Gasteiger partial charge >= 0.3 is 0 Å². The van der Waals surface area contributed by atoms with Crippen LogP contribution in [-0.4, -0.2) is 20.3 Å². The highest BCUT2D eigenvalue weighted by Crippen LogP contribution is 2.24. The lowest BCUT2D eigenvalue weighted by Gasteiger charge is -2.06. The van der Waals surface area contributed by atoms with E-state index in [0.29, 0.717) is 10.7 Å². The second-order valence-electron chi connectivity index (χ2n) is 4.58. The number of fused-ring (bicyclic) bond motifs is 1. The molecule has 0 amide bonds. The summed E-state index contributed by atoms with van der Waals surface area (Å²) in [5.41, 5.74) is 2.40. The first kappa shape index (κ1) is 12.8. The van der Waals surface area contributed by atoms with Crippen LogP contribution >= 0.6 is 11.6 Å². The van der Waals surface area contributed by atoms with Gasteiger partial charge in [0, 0.05) is 16.8 Å². The van der Waals surface area contributed by atoms with Gasteiger partial charge in [-0.3, -0.25) is 4.79 Å². The number of carbonyl (C=O) groups is 1. The molecule has 0 aliphatic carbocycles. The molecule has 0 aliphatic heterocycles. The molecule has 0 aliphatic rings. The van der Waals surface area contributed by atoms with E-state index in [0.717, 1.165) is 16.9 Å². The maximum Gasteiger partial charge on any atom is 0.160 e. The Hall–Kier alpha value is -2.20. The van der Waals surface area contributed by atoms with E-state index >= 15 is 0 Å². The van der Waals surface area contributed by atoms with Gasteiger partial charge in [0.2, 0.25) is 0 Å². The maximum absolute atomic E-state index is 11.5. The molecule has 0 spiro atoms. The minimum absolute atomic E-state index is 0.0603. The van der Waals surface area contributed by atoms with Crippen molar-refractivity contribution in [1.29, 1.82) is 0 Å². The summed E-state index contributed by atoms with van der Waals surface area (Å²) in [4.78, 5) is 20.4. The number of aromatic nitrogens is 3. The number of pyridine rings is 1. The van der Waals surface area contributed by atoms with E-state index in [-0.39, 0.29) is 12.3 Å². The Morgan fingerprint density at radius 1 is 1.25 bits per heavy atom. The highest BCUT2D eigenvalue weighted by atomic mass is 35.5. The number of nitrogens with zero attached hydrogens (tertiary/aromatic N) is 3. The van der Waals surface area contributed by atoms with Crippen LogP contribution in [0, 0.1) is 0 Å². The summed E-state index contributed by atoms with van der Waals surface area (Å²) in [6, 6.07) is 11.1. The predicted octanol–water partition coefficient (Wildman–Crippen LogP) is 3.34. The Balaban J connectivity index is 2.23. The van der Waals surface area contributed by atoms with E-state index in [1.165, 1.54) is 0 Å². The van der Waals surface area contributed by atoms with Crippen LogP contribution in [0.1, 0.15) is 6.92 Å². The number of Topliss-reactive ketones (excluding diaryl/α,β-unsaturated/α-hetero) is 1. The quantitative estimate of drug-likeness (QED) is 0.741. The molecule has 0 unspecified atom stereocenters. The topological polar surface area (TPSA) is 47.8 Å². The SMILES string of the molecule is CC(=O)Cn1c(-c2ccc(Cl)cc2)nc2cccnc21. The molecule has 4 nitrogen and oxygen atoms in total. The lowest BCUT2D eigenvalue weighted by molar-refractivity contribution is -0.117. The van der Waals surface area contributed by atoms with Crippen molar-refractivity contribution in [2.45, 2.75) is 13.5 Å². The van der Waals surface area contributed by atoms with Gasteiger partial charge in [0.05, 0.1) is 6.54 Å². The zero-order valence-corrected chi connectivity index (χ0v) is 11.6. The summed E-state index contributed by atoms with van der Waals surface area (Å²) < 4.78 is 1.83. The highest BCUT2D eigenvalue weighted by Gasteiger charge is 2.14. The highest BCUT2D eigenvalue weighted by molar-refractivity contribution is 6.30. The average molecular weight is 286 g/mol. The Morgan fingerprint density at radius 2 is 2.00 bits per heavy atom. The van der Waals surface area contributed by atoms with E-state index in [1.54, 1.807) is 13.1 Å². The molecule has 2 heterocycles. The lowest BCUT2D eigenvalue weighted by Crippen LogP contribution is -2.08. The summed E-state index contributed by atoms with van der Waals surface area (Å²) in [7, 11) is 0. The normalized spacial score (nSPS) is 10.9. The number of ketones is 1. The number of rotatable bonds is 3. The van der Waals surface area contributed by atoms with Crippen molar-refractivity contribution in [3.05, 3.63) is 47.6 Å². The lowest BCUT2D eigenvalue weighted by atomic mass is 10.2. The minimum atomic E-state index is 0.0603. The van der Waals surface area contributed by atoms with Gasteiger partial charge in [-0.1, -0.05) is 11.6 Å². The molecule has 0 saturated heterocycles. The third-order valence-electron chi connectivity index (χ3n) is 2.99. The standard InChI is InChI=1S/C15H12ClN3O/c1-10(20)9-19-14(11-4-6-12(16)7-5-11)18-13-3-2-8-17-15(13)19/h2-8H,9H2,1H3. The Bertz CT molecular complexity index is 777. The maximum atomic E-state index is 11.5. The third-order valence-corrected chi connectivity index (χ3v) is 3.24. The summed E-state index contributed by atoms with van der Waals surface area (Å²) in [5, 5.41) is 0.668. The van der Waals surface area contributed by atoms with Gasteiger partial charge in [0.15, 0.2) is 5.65 Å². The molecule has 3 aromatic rings. The van der Waals surface area contributed by atoms with Gasteiger partial charge in [0.1, 0.15) is 17.1 Å². The molecule has 0 bridgehead atoms. The van der Waals surface area contributed by atoms with Crippen molar-refractivity contribution in [3.8, 4) is 11.4 Å². The second-order valence-corrected chi connectivity index (χ2v) is 5.01. The number of halogens is 1. The van der Waals surface area contributed by atoms with E-state index in [9.17, 15) is 4.79 Å². The summed E-state index contributed by atoms with van der Waals surface area (Å²) in [6.45, 7) is 1.81. The Kier molecular flexibility index (Phi) is 3.24. The zero-order valence-electron chi connectivity index (χ0n) is 10.9. The smallest absolute Gasteiger partial charge is 0.160 e. The van der Waals surface area contributed by atoms with Crippen LogP contribution in [0.3, 0.4) is 0 Å². The summed E-state index contributed by atoms with van der Waals surface area (Å²) in [5.74, 6) is 0.788. The van der Waals surface area contributed by atoms with Crippen LogP contribution < -0.4 is 0 Å². The van der Waals surface area contributed by atoms with Crippen LogP contribution in [0.4, 0.5) is 0 Å². The van der Waals surface area contributed by atoms with Crippen molar-refractivity contribution in [3.63, 3.8) is 0 Å². The molecular formula is C15H12ClN3O. The molecule has 2 aromatic heterocycles. The fourth-order valence-corrected chi connectivity index (χ4v) is 2.28. The van der Waals surface area contributed by atoms with Crippen LogP contribution in [-0.2, 0) is 11.3 Å². The number of hydrogen-bond acceptors (Lipinski definition) is 3. The number of imidazole rings is 1. The van der Waals surface area contributed by atoms with Gasteiger partial charge in [0.25, 0.3) is 0 Å². The molecule has 3 rings (SSSR count). The van der Waals surface area contributed by atoms with Gasteiger partial charge in [-0.05, 0) is 43.3 Å². The van der Waals surface area contributed by atoms with E-state index in [4.69, 9.17) is 11.6 Å². The van der Waals surface area contributed by atoms with Gasteiger partial charge in [-0.15, -0.1) is 0 Å². The molecular weight excluding hydrogens is 274 g/mol. The van der Waals surface area contributed by atoms with Crippen LogP contribution in [0.2, 0.25) is 5.02 Å². The van der Waals surface area contributed by atoms with Crippen LogP contribution in [0.15, 0.2) is 42.6 Å².